The van der Waals surface area contributed by atoms with Crippen molar-refractivity contribution >= 4 is 5.91 Å². The molecule has 0 spiro atoms. The lowest BCUT2D eigenvalue weighted by atomic mass is 9.93. The first kappa shape index (κ1) is 17.5. The van der Waals surface area contributed by atoms with Gasteiger partial charge in [0.15, 0.2) is 0 Å². The summed E-state index contributed by atoms with van der Waals surface area (Å²) in [6.07, 6.45) is 4.88. The summed E-state index contributed by atoms with van der Waals surface area (Å²) >= 11 is 0. The highest BCUT2D eigenvalue weighted by Crippen LogP contribution is 2.25. The van der Waals surface area contributed by atoms with Crippen LogP contribution in [0, 0.1) is 0 Å². The lowest BCUT2D eigenvalue weighted by Gasteiger charge is -2.14. The fraction of sp³-hybridized carbons (Fsp3) is 0.273. The zero-order valence-electron chi connectivity index (χ0n) is 15.3. The van der Waals surface area contributed by atoms with E-state index in [0.717, 1.165) is 42.7 Å². The van der Waals surface area contributed by atoms with Crippen molar-refractivity contribution in [3.8, 4) is 0 Å². The average molecular weight is 360 g/mol. The molecule has 1 aliphatic heterocycles. The largest absolute Gasteiger partial charge is 0.348 e. The number of nitrogens with one attached hydrogen (secondary N) is 2. The second-order valence-electron chi connectivity index (χ2n) is 6.99. The molecule has 138 valence electrons. The number of nitrogens with zero attached hydrogens (tertiary/aromatic N) is 2. The van der Waals surface area contributed by atoms with E-state index in [1.54, 1.807) is 0 Å². The van der Waals surface area contributed by atoms with Crippen molar-refractivity contribution in [2.45, 2.75) is 25.4 Å². The SMILES string of the molecule is O=C(NCc1cnn(Cc2ccccc2)c1)c1ccccc1[C@H]1CCNC1. The molecular weight excluding hydrogens is 336 g/mol. The van der Waals surface area contributed by atoms with Crippen LogP contribution in [0.25, 0.3) is 0 Å². The van der Waals surface area contributed by atoms with Crippen LogP contribution < -0.4 is 10.6 Å². The van der Waals surface area contributed by atoms with E-state index in [4.69, 9.17) is 0 Å². The molecule has 5 heteroatoms. The van der Waals surface area contributed by atoms with E-state index in [1.807, 2.05) is 53.5 Å². The number of carbonyl (C=O) groups excluding carboxylic acids is 1. The molecule has 0 saturated carbocycles. The number of aromatic nitrogens is 2. The zero-order chi connectivity index (χ0) is 18.5. The van der Waals surface area contributed by atoms with Crippen LogP contribution in [0.5, 0.6) is 0 Å². The fourth-order valence-corrected chi connectivity index (χ4v) is 3.61. The van der Waals surface area contributed by atoms with Gasteiger partial charge in [-0.25, -0.2) is 0 Å². The third-order valence-electron chi connectivity index (χ3n) is 5.03. The first-order valence-electron chi connectivity index (χ1n) is 9.43. The number of benzene rings is 2. The van der Waals surface area contributed by atoms with Gasteiger partial charge in [-0.2, -0.15) is 5.10 Å². The molecular formula is C22H24N4O. The minimum Gasteiger partial charge on any atom is -0.348 e. The number of hydrogen-bond acceptors (Lipinski definition) is 3. The summed E-state index contributed by atoms with van der Waals surface area (Å²) in [7, 11) is 0. The van der Waals surface area contributed by atoms with Gasteiger partial charge in [0, 0.05) is 30.4 Å². The predicted molar refractivity (Wildman–Crippen MR) is 106 cm³/mol. The highest BCUT2D eigenvalue weighted by Gasteiger charge is 2.21. The Labute approximate surface area is 159 Å². The van der Waals surface area contributed by atoms with Gasteiger partial charge < -0.3 is 10.6 Å². The van der Waals surface area contributed by atoms with Crippen molar-refractivity contribution in [1.82, 2.24) is 20.4 Å². The molecule has 0 aliphatic carbocycles. The van der Waals surface area contributed by atoms with Crippen molar-refractivity contribution in [3.63, 3.8) is 0 Å². The van der Waals surface area contributed by atoms with E-state index in [0.29, 0.717) is 12.5 Å². The quantitative estimate of drug-likeness (QED) is 0.711. The summed E-state index contributed by atoms with van der Waals surface area (Å²) in [5.41, 5.74) is 4.12. The Balaban J connectivity index is 1.39. The second-order valence-corrected chi connectivity index (χ2v) is 6.99. The minimum atomic E-state index is -0.0201. The maximum Gasteiger partial charge on any atom is 0.251 e. The monoisotopic (exact) mass is 360 g/mol. The summed E-state index contributed by atoms with van der Waals surface area (Å²) in [5, 5.41) is 10.8. The summed E-state index contributed by atoms with van der Waals surface area (Å²) in [4.78, 5) is 12.7. The normalized spacial score (nSPS) is 16.4. The van der Waals surface area contributed by atoms with Crippen LogP contribution in [0.3, 0.4) is 0 Å². The van der Waals surface area contributed by atoms with Crippen molar-refractivity contribution < 1.29 is 4.79 Å². The topological polar surface area (TPSA) is 59.0 Å². The van der Waals surface area contributed by atoms with E-state index in [1.165, 1.54) is 5.56 Å². The van der Waals surface area contributed by atoms with Crippen LogP contribution in [0.15, 0.2) is 67.0 Å². The third-order valence-corrected chi connectivity index (χ3v) is 5.03. The molecule has 2 heterocycles. The smallest absolute Gasteiger partial charge is 0.251 e. The van der Waals surface area contributed by atoms with Crippen LogP contribution in [0.4, 0.5) is 0 Å². The molecule has 27 heavy (non-hydrogen) atoms. The van der Waals surface area contributed by atoms with Crippen LogP contribution in [-0.2, 0) is 13.1 Å². The molecule has 3 aromatic rings. The third kappa shape index (κ3) is 4.26. The van der Waals surface area contributed by atoms with E-state index in [-0.39, 0.29) is 5.91 Å². The number of amides is 1. The molecule has 0 radical (unpaired) electrons. The predicted octanol–water partition coefficient (Wildman–Crippen LogP) is 2.94. The lowest BCUT2D eigenvalue weighted by Crippen LogP contribution is -2.24. The van der Waals surface area contributed by atoms with E-state index in [2.05, 4.69) is 33.9 Å². The molecule has 2 N–H and O–H groups in total. The van der Waals surface area contributed by atoms with E-state index >= 15 is 0 Å². The molecule has 0 unspecified atom stereocenters. The van der Waals surface area contributed by atoms with Crippen LogP contribution in [0.1, 0.15) is 39.4 Å². The summed E-state index contributed by atoms with van der Waals surface area (Å²) in [6.45, 7) is 3.16. The van der Waals surface area contributed by atoms with Crippen LogP contribution in [-0.4, -0.2) is 28.8 Å². The van der Waals surface area contributed by atoms with Gasteiger partial charge in [-0.15, -0.1) is 0 Å². The first-order chi connectivity index (χ1) is 13.3. The molecule has 1 aromatic heterocycles. The van der Waals surface area contributed by atoms with Gasteiger partial charge in [0.05, 0.1) is 12.7 Å². The van der Waals surface area contributed by atoms with Gasteiger partial charge in [0.1, 0.15) is 0 Å². The molecule has 2 aromatic carbocycles. The number of hydrogen-bond donors (Lipinski definition) is 2. The summed E-state index contributed by atoms with van der Waals surface area (Å²) in [6, 6.07) is 18.2. The van der Waals surface area contributed by atoms with Crippen LogP contribution >= 0.6 is 0 Å². The molecule has 1 fully saturated rings. The molecule has 1 saturated heterocycles. The first-order valence-corrected chi connectivity index (χ1v) is 9.43. The van der Waals surface area contributed by atoms with Gasteiger partial charge in [0.2, 0.25) is 0 Å². The van der Waals surface area contributed by atoms with Crippen molar-refractivity contribution in [2.75, 3.05) is 13.1 Å². The van der Waals surface area contributed by atoms with E-state index in [9.17, 15) is 4.79 Å². The Morgan fingerprint density at radius 3 is 2.74 bits per heavy atom. The Hall–Kier alpha value is -2.92. The van der Waals surface area contributed by atoms with Gasteiger partial charge in [-0.1, -0.05) is 48.5 Å². The summed E-state index contributed by atoms with van der Waals surface area (Å²) < 4.78 is 1.90. The highest BCUT2D eigenvalue weighted by molar-refractivity contribution is 5.95. The molecule has 5 nitrogen and oxygen atoms in total. The van der Waals surface area contributed by atoms with Gasteiger partial charge in [-0.3, -0.25) is 9.48 Å². The maximum absolute atomic E-state index is 12.7. The Bertz CT molecular complexity index is 897. The minimum absolute atomic E-state index is 0.0201. The molecule has 1 aliphatic rings. The van der Waals surface area contributed by atoms with Crippen molar-refractivity contribution in [3.05, 3.63) is 89.2 Å². The van der Waals surface area contributed by atoms with Crippen molar-refractivity contribution in [2.24, 2.45) is 0 Å². The average Bonchev–Trinajstić information content (AvgIpc) is 3.39. The standard InChI is InChI=1S/C22H24N4O/c27-22(21-9-5-4-8-20(21)19-10-11-23-14-19)24-12-18-13-25-26(16-18)15-17-6-2-1-3-7-17/h1-9,13,16,19,23H,10-12,14-15H2,(H,24,27)/t19-/m0/s1. The maximum atomic E-state index is 12.7. The number of carbonyl (C=O) groups is 1. The Kier molecular flexibility index (Phi) is 5.30. The molecule has 4 rings (SSSR count). The van der Waals surface area contributed by atoms with E-state index < -0.39 is 0 Å². The Morgan fingerprint density at radius 1 is 1.11 bits per heavy atom. The fourth-order valence-electron chi connectivity index (χ4n) is 3.61. The van der Waals surface area contributed by atoms with Gasteiger partial charge in [-0.05, 0) is 36.1 Å². The molecule has 1 amide bonds. The molecule has 1 atom stereocenters. The second kappa shape index (κ2) is 8.18. The molecule has 0 bridgehead atoms. The Morgan fingerprint density at radius 2 is 1.93 bits per heavy atom. The zero-order valence-corrected chi connectivity index (χ0v) is 15.3. The van der Waals surface area contributed by atoms with Crippen LogP contribution in [0.2, 0.25) is 0 Å². The van der Waals surface area contributed by atoms with Crippen molar-refractivity contribution in [1.29, 1.82) is 0 Å². The van der Waals surface area contributed by atoms with Gasteiger partial charge in [0.25, 0.3) is 5.91 Å². The summed E-state index contributed by atoms with van der Waals surface area (Å²) in [5.74, 6) is 0.397. The highest BCUT2D eigenvalue weighted by atomic mass is 16.1. The lowest BCUT2D eigenvalue weighted by molar-refractivity contribution is 0.0949. The van der Waals surface area contributed by atoms with Gasteiger partial charge >= 0.3 is 0 Å². The number of rotatable bonds is 6.